The van der Waals surface area contributed by atoms with E-state index < -0.39 is 150 Å². The molecule has 24 nitrogen and oxygen atoms in total. The molecular weight excluding hydrogens is 1110 g/mol. The van der Waals surface area contributed by atoms with Crippen molar-refractivity contribution in [2.75, 3.05) is 69.0 Å². The summed E-state index contributed by atoms with van der Waals surface area (Å²) in [5.74, 6) is -7.39. The molecule has 12 atom stereocenters. The van der Waals surface area contributed by atoms with Crippen LogP contribution in [0, 0.1) is 41.4 Å². The molecule has 2 aliphatic rings. The molecule has 0 aliphatic carbocycles. The maximum Gasteiger partial charge on any atom is 0.246 e. The van der Waals surface area contributed by atoms with E-state index in [9.17, 15) is 38.7 Å². The zero-order valence-corrected chi connectivity index (χ0v) is 57.1. The third-order valence-electron chi connectivity index (χ3n) is 16.7. The largest absolute Gasteiger partial charge is 0.390 e. The first-order valence-corrected chi connectivity index (χ1v) is 31.4. The zero-order valence-electron chi connectivity index (χ0n) is 57.1. The van der Waals surface area contributed by atoms with Crippen molar-refractivity contribution in [3.63, 3.8) is 0 Å². The van der Waals surface area contributed by atoms with E-state index >= 15 is 14.4 Å². The van der Waals surface area contributed by atoms with Crippen LogP contribution in [-0.4, -0.2) is 240 Å². The molecule has 2 heterocycles. The number of amidine groups is 1. The Morgan fingerprint density at radius 2 is 0.943 bits per heavy atom. The second-order valence-corrected chi connectivity index (χ2v) is 26.9. The fourth-order valence-corrected chi connectivity index (χ4v) is 11.4. The van der Waals surface area contributed by atoms with Crippen molar-refractivity contribution in [3.05, 3.63) is 12.3 Å². The predicted molar refractivity (Wildman–Crippen MR) is 338 cm³/mol. The second-order valence-electron chi connectivity index (χ2n) is 26.9. The molecule has 1 fully saturated rings. The van der Waals surface area contributed by atoms with Crippen molar-refractivity contribution in [1.29, 1.82) is 0 Å². The van der Waals surface area contributed by atoms with Crippen LogP contribution in [0.1, 0.15) is 149 Å². The Morgan fingerprint density at radius 3 is 1.40 bits per heavy atom. The second kappa shape index (κ2) is 34.4. The highest BCUT2D eigenvalue weighted by atomic mass is 16.3. The normalized spacial score (nSPS) is 27.2. The molecule has 2 rings (SSSR count). The van der Waals surface area contributed by atoms with Gasteiger partial charge in [-0.3, -0.25) is 52.9 Å². The van der Waals surface area contributed by atoms with Gasteiger partial charge in [0, 0.05) is 68.0 Å². The van der Waals surface area contributed by atoms with Gasteiger partial charge in [0.1, 0.15) is 54.4 Å². The van der Waals surface area contributed by atoms with Crippen LogP contribution in [0.4, 0.5) is 0 Å². The summed E-state index contributed by atoms with van der Waals surface area (Å²) in [6.07, 6.45) is -0.112. The van der Waals surface area contributed by atoms with Crippen LogP contribution in [-0.2, 0) is 47.9 Å². The molecule has 24 heteroatoms. The first kappa shape index (κ1) is 76.8. The Morgan fingerprint density at radius 1 is 0.506 bits per heavy atom. The minimum absolute atomic E-state index is 0.104. The highest BCUT2D eigenvalue weighted by molar-refractivity contribution is 5.98. The quantitative estimate of drug-likeness (QED) is 0.138. The van der Waals surface area contributed by atoms with Crippen LogP contribution in [0.25, 0.3) is 0 Å². The minimum Gasteiger partial charge on any atom is -0.390 e. The summed E-state index contributed by atoms with van der Waals surface area (Å²) in [5.41, 5.74) is 0.104. The van der Waals surface area contributed by atoms with E-state index in [-0.39, 0.29) is 61.5 Å². The molecule has 0 saturated carbocycles. The number of carbonyl (C=O) groups is 10. The Labute approximate surface area is 520 Å². The topological polar surface area (TPSA) is 286 Å². The maximum atomic E-state index is 15.3. The van der Waals surface area contributed by atoms with Gasteiger partial charge in [-0.15, -0.1) is 0 Å². The lowest BCUT2D eigenvalue weighted by atomic mass is 9.90. The van der Waals surface area contributed by atoms with E-state index in [4.69, 9.17) is 0 Å². The Bertz CT molecular complexity index is 2430. The van der Waals surface area contributed by atoms with Crippen molar-refractivity contribution in [2.45, 2.75) is 216 Å². The molecule has 10 amide bonds. The van der Waals surface area contributed by atoms with Crippen molar-refractivity contribution >= 4 is 64.9 Å². The highest BCUT2D eigenvalue weighted by Gasteiger charge is 2.45. The molecule has 1 saturated heterocycles. The van der Waals surface area contributed by atoms with Crippen LogP contribution in [0.15, 0.2) is 17.3 Å². The lowest BCUT2D eigenvalue weighted by Crippen LogP contribution is -2.62. The molecule has 0 radical (unpaired) electrons. The van der Waals surface area contributed by atoms with Gasteiger partial charge in [0.15, 0.2) is 0 Å². The molecule has 0 aromatic rings. The third kappa shape index (κ3) is 21.2. The zero-order chi connectivity index (χ0) is 67.0. The fraction of sp³-hybridized carbons (Fsp3) is 0.794. The van der Waals surface area contributed by atoms with E-state index in [1.54, 1.807) is 34.6 Å². The highest BCUT2D eigenvalue weighted by Crippen LogP contribution is 2.27. The van der Waals surface area contributed by atoms with Gasteiger partial charge in [-0.25, -0.2) is 0 Å². The molecule has 6 N–H and O–H groups in total. The number of aliphatic imine (C=N–C) groups is 1. The Kier molecular flexibility index (Phi) is 30.4. The van der Waals surface area contributed by atoms with Gasteiger partial charge in [-0.1, -0.05) is 104 Å². The SMILES string of the molecule is C=C1N[C@@H](CC)C(=O)N(C)CC(=O)N(C)[C@@H](CC(C)C)C(=O)N[C@@H](C(C)C)C(=O)N(C)[C@@H](CC(C)C)C(=O)N[C@@H](C)C(=O)N[C@H](C)C(=O)N(C)[C@@H](CC(C)C)C(=O)N(C)[C@@H](CC(C)C)C(=O)N(C)[C@@H](C(C)C)C(=O)N(C)[C@H]1[C@H](O)[C@H](C)CC1=NCCN1. The number of nitrogens with zero attached hydrogens (tertiary/aromatic N) is 8. The van der Waals surface area contributed by atoms with Crippen LogP contribution in [0.2, 0.25) is 0 Å². The molecular formula is C63H113N13O11. The average molecular weight is 1230 g/mol. The van der Waals surface area contributed by atoms with Crippen LogP contribution in [0.5, 0.6) is 0 Å². The number of hydrogen-bond donors (Lipinski definition) is 6. The number of amides is 10. The van der Waals surface area contributed by atoms with E-state index in [2.05, 4.69) is 38.2 Å². The van der Waals surface area contributed by atoms with Gasteiger partial charge in [-0.2, -0.15) is 0 Å². The summed E-state index contributed by atoms with van der Waals surface area (Å²) in [7, 11) is 10.3. The van der Waals surface area contributed by atoms with Crippen LogP contribution in [0.3, 0.4) is 0 Å². The van der Waals surface area contributed by atoms with Crippen molar-refractivity contribution in [1.82, 2.24) is 60.9 Å². The van der Waals surface area contributed by atoms with E-state index in [1.165, 1.54) is 97.5 Å². The lowest BCUT2D eigenvalue weighted by molar-refractivity contribution is -0.155. The van der Waals surface area contributed by atoms with Gasteiger partial charge in [0.05, 0.1) is 31.1 Å². The molecule has 0 unspecified atom stereocenters. The molecule has 0 bridgehead atoms. The summed E-state index contributed by atoms with van der Waals surface area (Å²) in [5, 5.41) is 27.2. The lowest BCUT2D eigenvalue weighted by Gasteiger charge is -2.42. The predicted octanol–water partition coefficient (Wildman–Crippen LogP) is 2.68. The first-order chi connectivity index (χ1) is 40.2. The van der Waals surface area contributed by atoms with E-state index in [0.717, 1.165) is 0 Å². The van der Waals surface area contributed by atoms with E-state index in [1.807, 2.05) is 62.3 Å². The third-order valence-corrected chi connectivity index (χ3v) is 16.7. The standard InChI is InChI=1S/C63H113N13O11/c1-25-44-59(83)70(18)33-50(77)71(19)45(28-34(2)3)57(81)69-51(38(10)11)62(86)72(20)46(29-35(4)5)56(80)67-42(16)55(79)68-43(17)58(82)73(21)47(30-36(6)7)60(84)74(22)48(31-37(8)9)61(85)75(23)52(39(12)13)63(87)76(24)53(41(15)66-44)54(78)40(14)32-49-64-26-27-65-49/h34-40,42-48,51-54,66,78H,15,25-33H2,1-14,16-24H3,(H,64,65)(H,67,80)(H,68,79)(H,69,81)/t40-,42+,43-,44+,45+,46+,47+,48+,51+,52+,53-,54-/m1/s1. The summed E-state index contributed by atoms with van der Waals surface area (Å²) < 4.78 is 0. The van der Waals surface area contributed by atoms with Crippen molar-refractivity contribution in [3.8, 4) is 0 Å². The minimum atomic E-state index is -1.31. The maximum absolute atomic E-state index is 15.3. The molecule has 87 heavy (non-hydrogen) atoms. The number of nitrogens with one attached hydrogen (secondary N) is 5. The molecule has 0 aromatic heterocycles. The molecule has 0 spiro atoms. The van der Waals surface area contributed by atoms with Gasteiger partial charge >= 0.3 is 0 Å². The average Bonchev–Trinajstić information content (AvgIpc) is 1.63. The summed E-state index contributed by atoms with van der Waals surface area (Å²) in [4.78, 5) is 160. The van der Waals surface area contributed by atoms with Gasteiger partial charge in [0.25, 0.3) is 0 Å². The number of aliphatic hydroxyl groups is 1. The number of rotatable bonds is 15. The smallest absolute Gasteiger partial charge is 0.246 e. The Balaban J connectivity index is 2.97. The van der Waals surface area contributed by atoms with Crippen molar-refractivity contribution in [2.24, 2.45) is 46.4 Å². The van der Waals surface area contributed by atoms with Crippen LogP contribution >= 0.6 is 0 Å². The summed E-state index contributed by atoms with van der Waals surface area (Å²) in [6, 6.07) is -11.5. The number of likely N-dealkylation sites (N-methyl/N-ethyl adjacent to an activating group) is 7. The van der Waals surface area contributed by atoms with Crippen LogP contribution < -0.4 is 26.6 Å². The number of carbonyl (C=O) groups excluding carboxylic acids is 10. The molecule has 2 aliphatic heterocycles. The Hall–Kier alpha value is -6.33. The molecule has 0 aromatic carbocycles. The van der Waals surface area contributed by atoms with E-state index in [0.29, 0.717) is 25.3 Å². The van der Waals surface area contributed by atoms with Gasteiger partial charge in [-0.05, 0) is 87.4 Å². The fourth-order valence-electron chi connectivity index (χ4n) is 11.4. The number of aliphatic hydroxyl groups excluding tert-OH is 1. The van der Waals surface area contributed by atoms with Gasteiger partial charge < -0.3 is 66.0 Å². The summed E-state index contributed by atoms with van der Waals surface area (Å²) >= 11 is 0. The van der Waals surface area contributed by atoms with Crippen molar-refractivity contribution < 1.29 is 53.1 Å². The van der Waals surface area contributed by atoms with Gasteiger partial charge in [0.2, 0.25) is 59.1 Å². The summed E-state index contributed by atoms with van der Waals surface area (Å²) in [6.45, 7) is 33.7. The molecule has 496 valence electrons. The number of hydrogen-bond acceptors (Lipinski definition) is 14. The first-order valence-electron chi connectivity index (χ1n) is 31.4. The monoisotopic (exact) mass is 1230 g/mol.